The van der Waals surface area contributed by atoms with Crippen molar-refractivity contribution in [2.75, 3.05) is 26.8 Å². The molecule has 1 aromatic heterocycles. The Hall–Kier alpha value is -2.48. The number of carbonyl (C=O) groups is 1. The summed E-state index contributed by atoms with van der Waals surface area (Å²) in [7, 11) is 1.60. The van der Waals surface area contributed by atoms with E-state index in [0.29, 0.717) is 25.5 Å². The van der Waals surface area contributed by atoms with Crippen LogP contribution in [0.2, 0.25) is 0 Å². The number of tetrazole rings is 1. The number of carbonyl (C=O) groups excluding carboxylic acids is 1. The Morgan fingerprint density at radius 3 is 3.13 bits per heavy atom. The van der Waals surface area contributed by atoms with Gasteiger partial charge in [-0.15, -0.1) is 10.2 Å². The van der Waals surface area contributed by atoms with Gasteiger partial charge in [-0.1, -0.05) is 12.1 Å². The molecule has 1 aliphatic rings. The van der Waals surface area contributed by atoms with E-state index in [0.717, 1.165) is 11.3 Å². The first kappa shape index (κ1) is 15.4. The van der Waals surface area contributed by atoms with Crippen molar-refractivity contribution in [3.05, 3.63) is 24.3 Å². The summed E-state index contributed by atoms with van der Waals surface area (Å²) < 4.78 is 10.6. The van der Waals surface area contributed by atoms with Gasteiger partial charge in [-0.25, -0.2) is 0 Å². The van der Waals surface area contributed by atoms with Crippen LogP contribution in [0.3, 0.4) is 0 Å². The van der Waals surface area contributed by atoms with Crippen LogP contribution in [0.25, 0.3) is 11.4 Å². The van der Waals surface area contributed by atoms with Crippen molar-refractivity contribution in [1.29, 1.82) is 0 Å². The predicted octanol–water partition coefficient (Wildman–Crippen LogP) is 0.596. The largest absolute Gasteiger partial charge is 0.497 e. The van der Waals surface area contributed by atoms with E-state index in [1.54, 1.807) is 12.0 Å². The summed E-state index contributed by atoms with van der Waals surface area (Å²) in [5.41, 5.74) is 0.794. The molecule has 23 heavy (non-hydrogen) atoms. The average Bonchev–Trinajstić information content (AvgIpc) is 3.03. The number of hydrogen-bond acceptors (Lipinski definition) is 6. The maximum Gasteiger partial charge on any atom is 0.246 e. The fraction of sp³-hybridized carbons (Fsp3) is 0.467. The lowest BCUT2D eigenvalue weighted by atomic mass is 10.2. The number of aromatic nitrogens is 4. The highest BCUT2D eigenvalue weighted by Crippen LogP contribution is 2.19. The van der Waals surface area contributed by atoms with Crippen LogP contribution in [0.5, 0.6) is 5.75 Å². The van der Waals surface area contributed by atoms with Crippen molar-refractivity contribution >= 4 is 5.91 Å². The van der Waals surface area contributed by atoms with Gasteiger partial charge in [0.1, 0.15) is 12.3 Å². The zero-order chi connectivity index (χ0) is 16.2. The number of benzene rings is 1. The molecule has 0 spiro atoms. The molecule has 2 heterocycles. The minimum atomic E-state index is -0.0326. The summed E-state index contributed by atoms with van der Waals surface area (Å²) in [6, 6.07) is 7.40. The lowest BCUT2D eigenvalue weighted by molar-refractivity contribution is -0.139. The molecule has 1 aliphatic heterocycles. The summed E-state index contributed by atoms with van der Waals surface area (Å²) in [4.78, 5) is 15.4. The fourth-order valence-electron chi connectivity index (χ4n) is 2.45. The van der Waals surface area contributed by atoms with E-state index in [1.165, 1.54) is 4.80 Å². The van der Waals surface area contributed by atoms with Crippen molar-refractivity contribution in [3.8, 4) is 17.1 Å². The van der Waals surface area contributed by atoms with Gasteiger partial charge in [0, 0.05) is 18.7 Å². The third-order valence-electron chi connectivity index (χ3n) is 3.65. The van der Waals surface area contributed by atoms with Crippen LogP contribution >= 0.6 is 0 Å². The van der Waals surface area contributed by atoms with Gasteiger partial charge in [-0.2, -0.15) is 4.80 Å². The number of morpholine rings is 1. The Morgan fingerprint density at radius 2 is 2.35 bits per heavy atom. The van der Waals surface area contributed by atoms with Crippen LogP contribution in [0.15, 0.2) is 24.3 Å². The topological polar surface area (TPSA) is 82.4 Å². The second kappa shape index (κ2) is 6.74. The fourth-order valence-corrected chi connectivity index (χ4v) is 2.45. The number of hydrogen-bond donors (Lipinski definition) is 0. The molecule has 122 valence electrons. The quantitative estimate of drug-likeness (QED) is 0.821. The molecule has 1 amide bonds. The summed E-state index contributed by atoms with van der Waals surface area (Å²) in [6.45, 7) is 3.78. The van der Waals surface area contributed by atoms with Crippen molar-refractivity contribution in [3.63, 3.8) is 0 Å². The third-order valence-corrected chi connectivity index (χ3v) is 3.65. The van der Waals surface area contributed by atoms with E-state index >= 15 is 0 Å². The zero-order valence-corrected chi connectivity index (χ0v) is 13.2. The smallest absolute Gasteiger partial charge is 0.246 e. The molecule has 0 bridgehead atoms. The van der Waals surface area contributed by atoms with Gasteiger partial charge in [0.2, 0.25) is 11.7 Å². The molecule has 0 aliphatic carbocycles. The van der Waals surface area contributed by atoms with E-state index in [-0.39, 0.29) is 18.6 Å². The number of nitrogens with zero attached hydrogens (tertiary/aromatic N) is 5. The highest BCUT2D eigenvalue weighted by molar-refractivity contribution is 5.76. The highest BCUT2D eigenvalue weighted by atomic mass is 16.5. The summed E-state index contributed by atoms with van der Waals surface area (Å²) in [5, 5.41) is 12.2. The lowest BCUT2D eigenvalue weighted by Crippen LogP contribution is -2.45. The molecule has 1 saturated heterocycles. The van der Waals surface area contributed by atoms with Crippen LogP contribution in [0, 0.1) is 0 Å². The Morgan fingerprint density at radius 1 is 1.48 bits per heavy atom. The average molecular weight is 317 g/mol. The van der Waals surface area contributed by atoms with Crippen LogP contribution < -0.4 is 4.74 Å². The first-order valence-electron chi connectivity index (χ1n) is 7.47. The van der Waals surface area contributed by atoms with Crippen molar-refractivity contribution in [2.45, 2.75) is 19.6 Å². The molecular weight excluding hydrogens is 298 g/mol. The Bertz CT molecular complexity index is 687. The maximum atomic E-state index is 12.3. The standard InChI is InChI=1S/C15H19N5O3/c1-11-9-19(6-7-23-11)14(21)10-20-17-15(16-18-20)12-4-3-5-13(8-12)22-2/h3-5,8,11H,6-7,9-10H2,1-2H3. The lowest BCUT2D eigenvalue weighted by Gasteiger charge is -2.30. The maximum absolute atomic E-state index is 12.3. The molecule has 0 N–H and O–H groups in total. The zero-order valence-electron chi connectivity index (χ0n) is 13.2. The van der Waals surface area contributed by atoms with Gasteiger partial charge in [0.25, 0.3) is 0 Å². The highest BCUT2D eigenvalue weighted by Gasteiger charge is 2.22. The van der Waals surface area contributed by atoms with Crippen molar-refractivity contribution in [2.24, 2.45) is 0 Å². The number of amides is 1. The van der Waals surface area contributed by atoms with E-state index in [4.69, 9.17) is 9.47 Å². The van der Waals surface area contributed by atoms with Crippen molar-refractivity contribution < 1.29 is 14.3 Å². The second-order valence-corrected chi connectivity index (χ2v) is 5.40. The second-order valence-electron chi connectivity index (χ2n) is 5.40. The van der Waals surface area contributed by atoms with Gasteiger partial charge in [-0.3, -0.25) is 4.79 Å². The Labute approximate surface area is 134 Å². The SMILES string of the molecule is COc1cccc(-c2nnn(CC(=O)N3CCOC(C)C3)n2)c1. The molecule has 1 aromatic carbocycles. The van der Waals surface area contributed by atoms with Gasteiger partial charge >= 0.3 is 0 Å². The van der Waals surface area contributed by atoms with Crippen molar-refractivity contribution in [1.82, 2.24) is 25.1 Å². The Kier molecular flexibility index (Phi) is 4.52. The van der Waals surface area contributed by atoms with Crippen LogP contribution in [-0.4, -0.2) is 63.9 Å². The molecule has 1 fully saturated rings. The number of methoxy groups -OCH3 is 1. The molecule has 0 radical (unpaired) electrons. The molecule has 3 rings (SSSR count). The Balaban J connectivity index is 1.68. The third kappa shape index (κ3) is 3.65. The summed E-state index contributed by atoms with van der Waals surface area (Å²) in [6.07, 6.45) is 0.0590. The van der Waals surface area contributed by atoms with Crippen LogP contribution in [-0.2, 0) is 16.1 Å². The first-order valence-corrected chi connectivity index (χ1v) is 7.47. The molecule has 8 heteroatoms. The molecule has 2 aromatic rings. The summed E-state index contributed by atoms with van der Waals surface area (Å²) >= 11 is 0. The van der Waals surface area contributed by atoms with E-state index in [1.807, 2.05) is 31.2 Å². The monoisotopic (exact) mass is 317 g/mol. The van der Waals surface area contributed by atoms with Gasteiger partial charge in [0.05, 0.1) is 19.8 Å². The van der Waals surface area contributed by atoms with E-state index < -0.39 is 0 Å². The molecule has 1 atom stereocenters. The molecule has 1 unspecified atom stereocenters. The normalized spacial score (nSPS) is 18.0. The predicted molar refractivity (Wildman–Crippen MR) is 81.8 cm³/mol. The molecular formula is C15H19N5O3. The van der Waals surface area contributed by atoms with Crippen LogP contribution in [0.4, 0.5) is 0 Å². The number of ether oxygens (including phenoxy) is 2. The molecule has 8 nitrogen and oxygen atoms in total. The van der Waals surface area contributed by atoms with Crippen LogP contribution in [0.1, 0.15) is 6.92 Å². The minimum absolute atomic E-state index is 0.0326. The first-order chi connectivity index (χ1) is 11.2. The van der Waals surface area contributed by atoms with Gasteiger partial charge in [0.15, 0.2) is 0 Å². The van der Waals surface area contributed by atoms with E-state index in [2.05, 4.69) is 15.4 Å². The minimum Gasteiger partial charge on any atom is -0.497 e. The summed E-state index contributed by atoms with van der Waals surface area (Å²) in [5.74, 6) is 1.15. The van der Waals surface area contributed by atoms with Gasteiger partial charge < -0.3 is 14.4 Å². The molecule has 0 saturated carbocycles. The van der Waals surface area contributed by atoms with Gasteiger partial charge in [-0.05, 0) is 24.3 Å². The number of rotatable bonds is 4. The van der Waals surface area contributed by atoms with E-state index in [9.17, 15) is 4.79 Å².